The molecule has 0 aliphatic heterocycles. The largest absolute Gasteiger partial charge is 0.481 e. The van der Waals surface area contributed by atoms with E-state index >= 15 is 0 Å². The van der Waals surface area contributed by atoms with E-state index in [0.717, 1.165) is 11.3 Å². The number of rotatable bonds is 15. The maximum Gasteiger partial charge on any atom is 0.344 e. The quantitative estimate of drug-likeness (QED) is 0.0755. The van der Waals surface area contributed by atoms with Crippen LogP contribution < -0.4 is 0 Å². The van der Waals surface area contributed by atoms with Crippen molar-refractivity contribution in [3.05, 3.63) is 116 Å². The van der Waals surface area contributed by atoms with E-state index < -0.39 is 48.2 Å². The van der Waals surface area contributed by atoms with E-state index in [1.165, 1.54) is 30.4 Å². The number of benzene rings is 2. The lowest BCUT2D eigenvalue weighted by Crippen LogP contribution is -2.35. The molecule has 4 aromatic rings. The van der Waals surface area contributed by atoms with Crippen LogP contribution in [0, 0.1) is 0 Å². The second-order valence-corrected chi connectivity index (χ2v) is 12.5. The lowest BCUT2D eigenvalue weighted by Gasteiger charge is -2.22. The molecule has 12 heteroatoms. The third kappa shape index (κ3) is 8.40. The zero-order chi connectivity index (χ0) is 33.3. The lowest BCUT2D eigenvalue weighted by atomic mass is 9.85. The van der Waals surface area contributed by atoms with Gasteiger partial charge in [0.15, 0.2) is 6.61 Å². The SMILES string of the molecule is C[C@H](C(=O)OCC(=O)OCCOC(=O)C[C@](C)(C(=O)O)c1ccc(C(=O)c2ccccc2)s1)c1ccc(C(=O)c2ccccc2)s1. The summed E-state index contributed by atoms with van der Waals surface area (Å²) in [6.45, 7) is 1.61. The van der Waals surface area contributed by atoms with Gasteiger partial charge in [0.1, 0.15) is 18.6 Å². The molecule has 238 valence electrons. The van der Waals surface area contributed by atoms with Crippen molar-refractivity contribution >= 4 is 58.1 Å². The fraction of sp³-hybridized carbons (Fsp3) is 0.235. The van der Waals surface area contributed by atoms with Gasteiger partial charge in [-0.05, 0) is 38.1 Å². The first kappa shape index (κ1) is 33.9. The van der Waals surface area contributed by atoms with Crippen molar-refractivity contribution in [1.29, 1.82) is 0 Å². The summed E-state index contributed by atoms with van der Waals surface area (Å²) in [5.41, 5.74) is -0.667. The molecule has 1 N–H and O–H groups in total. The molecule has 0 radical (unpaired) electrons. The predicted octanol–water partition coefficient (Wildman–Crippen LogP) is 5.44. The summed E-state index contributed by atoms with van der Waals surface area (Å²) in [7, 11) is 0. The van der Waals surface area contributed by atoms with Crippen LogP contribution in [0.5, 0.6) is 0 Å². The van der Waals surface area contributed by atoms with Gasteiger partial charge in [-0.25, -0.2) is 4.79 Å². The summed E-state index contributed by atoms with van der Waals surface area (Å²) in [5.74, 6) is -4.81. The Hall–Kier alpha value is -4.94. The Labute approximate surface area is 272 Å². The first-order chi connectivity index (χ1) is 22.0. The number of carboxylic acid groups (broad SMARTS) is 1. The van der Waals surface area contributed by atoms with Gasteiger partial charge >= 0.3 is 23.9 Å². The highest BCUT2D eigenvalue weighted by atomic mass is 32.1. The summed E-state index contributed by atoms with van der Waals surface area (Å²) in [6, 6.07) is 23.6. The molecule has 0 spiro atoms. The summed E-state index contributed by atoms with van der Waals surface area (Å²) in [6.07, 6.45) is -0.521. The molecule has 0 fully saturated rings. The van der Waals surface area contributed by atoms with Gasteiger partial charge in [0.05, 0.1) is 22.1 Å². The second-order valence-electron chi connectivity index (χ2n) is 10.3. The van der Waals surface area contributed by atoms with Gasteiger partial charge < -0.3 is 19.3 Å². The minimum atomic E-state index is -1.66. The summed E-state index contributed by atoms with van der Waals surface area (Å²) < 4.78 is 15.1. The Morgan fingerprint density at radius 3 is 1.78 bits per heavy atom. The Balaban J connectivity index is 1.20. The third-order valence-electron chi connectivity index (χ3n) is 6.99. The van der Waals surface area contributed by atoms with Crippen LogP contribution in [0.3, 0.4) is 0 Å². The molecule has 2 heterocycles. The van der Waals surface area contributed by atoms with Crippen LogP contribution in [-0.4, -0.2) is 60.4 Å². The van der Waals surface area contributed by atoms with Crippen LogP contribution in [0.2, 0.25) is 0 Å². The highest BCUT2D eigenvalue weighted by Crippen LogP contribution is 2.35. The molecular formula is C34H30O10S2. The van der Waals surface area contributed by atoms with Crippen molar-refractivity contribution in [2.45, 2.75) is 31.6 Å². The summed E-state index contributed by atoms with van der Waals surface area (Å²) in [5, 5.41) is 9.92. The molecule has 0 aliphatic carbocycles. The molecule has 4 rings (SSSR count). The zero-order valence-corrected chi connectivity index (χ0v) is 26.6. The van der Waals surface area contributed by atoms with Gasteiger partial charge in [-0.2, -0.15) is 0 Å². The standard InChI is InChI=1S/C34H30O10S2/c1-21(24-13-14-25(45-24)30(37)22-9-5-3-6-10-22)32(39)44-20-29(36)43-18-17-42-28(35)19-34(2,33(40)41)27-16-15-26(46-27)31(38)23-11-7-4-8-12-23/h3-16,21H,17-20H2,1-2H3,(H,40,41)/t21-,34-/m0/s1. The molecule has 0 aliphatic rings. The monoisotopic (exact) mass is 662 g/mol. The van der Waals surface area contributed by atoms with Crippen LogP contribution >= 0.6 is 22.7 Å². The van der Waals surface area contributed by atoms with E-state index in [2.05, 4.69) is 0 Å². The second kappa shape index (κ2) is 15.4. The number of ether oxygens (including phenoxy) is 3. The van der Waals surface area contributed by atoms with Crippen LogP contribution in [0.15, 0.2) is 84.9 Å². The summed E-state index contributed by atoms with van der Waals surface area (Å²) in [4.78, 5) is 76.3. The van der Waals surface area contributed by atoms with E-state index in [1.54, 1.807) is 73.7 Å². The van der Waals surface area contributed by atoms with Gasteiger partial charge in [-0.1, -0.05) is 60.7 Å². The molecule has 0 bridgehead atoms. The predicted molar refractivity (Wildman–Crippen MR) is 169 cm³/mol. The average Bonchev–Trinajstić information content (AvgIpc) is 3.77. The van der Waals surface area contributed by atoms with Gasteiger partial charge in [-0.15, -0.1) is 22.7 Å². The topological polar surface area (TPSA) is 150 Å². The minimum Gasteiger partial charge on any atom is -0.481 e. The van der Waals surface area contributed by atoms with Crippen LogP contribution in [0.4, 0.5) is 0 Å². The van der Waals surface area contributed by atoms with Gasteiger partial charge in [-0.3, -0.25) is 24.0 Å². The van der Waals surface area contributed by atoms with Crippen molar-refractivity contribution in [2.75, 3.05) is 19.8 Å². The summed E-state index contributed by atoms with van der Waals surface area (Å²) >= 11 is 2.16. The number of esters is 3. The molecular weight excluding hydrogens is 632 g/mol. The molecule has 46 heavy (non-hydrogen) atoms. The number of carbonyl (C=O) groups excluding carboxylic acids is 5. The Bertz CT molecular complexity index is 1720. The van der Waals surface area contributed by atoms with Crippen molar-refractivity contribution in [2.24, 2.45) is 0 Å². The van der Waals surface area contributed by atoms with Gasteiger partial charge in [0, 0.05) is 20.9 Å². The Morgan fingerprint density at radius 1 is 0.696 bits per heavy atom. The van der Waals surface area contributed by atoms with Crippen molar-refractivity contribution < 1.29 is 48.1 Å². The highest BCUT2D eigenvalue weighted by Gasteiger charge is 2.40. The normalized spacial score (nSPS) is 12.7. The number of hydrogen-bond acceptors (Lipinski definition) is 11. The van der Waals surface area contributed by atoms with E-state index in [4.69, 9.17) is 14.2 Å². The van der Waals surface area contributed by atoms with Crippen molar-refractivity contribution in [3.8, 4) is 0 Å². The van der Waals surface area contributed by atoms with E-state index in [-0.39, 0.29) is 24.8 Å². The minimum absolute atomic E-state index is 0.162. The fourth-order valence-corrected chi connectivity index (χ4v) is 6.37. The fourth-order valence-electron chi connectivity index (χ4n) is 4.26. The molecule has 2 aromatic carbocycles. The van der Waals surface area contributed by atoms with Gasteiger partial charge in [0.2, 0.25) is 11.6 Å². The van der Waals surface area contributed by atoms with Crippen LogP contribution in [0.25, 0.3) is 0 Å². The van der Waals surface area contributed by atoms with Crippen molar-refractivity contribution in [3.63, 3.8) is 0 Å². The molecule has 0 amide bonds. The first-order valence-corrected chi connectivity index (χ1v) is 15.7. The molecule has 0 unspecified atom stereocenters. The van der Waals surface area contributed by atoms with E-state index in [1.807, 2.05) is 6.07 Å². The smallest absolute Gasteiger partial charge is 0.344 e. The van der Waals surface area contributed by atoms with E-state index in [9.17, 15) is 33.9 Å². The average molecular weight is 663 g/mol. The number of aliphatic carboxylic acids is 1. The number of thiophene rings is 2. The molecule has 0 saturated heterocycles. The van der Waals surface area contributed by atoms with Crippen molar-refractivity contribution in [1.82, 2.24) is 0 Å². The Kier molecular flexibility index (Phi) is 11.3. The van der Waals surface area contributed by atoms with Crippen LogP contribution in [-0.2, 0) is 38.8 Å². The maximum atomic E-state index is 12.7. The molecule has 2 atom stereocenters. The third-order valence-corrected chi connectivity index (χ3v) is 9.60. The molecule has 10 nitrogen and oxygen atoms in total. The highest BCUT2D eigenvalue weighted by molar-refractivity contribution is 7.14. The number of hydrogen-bond donors (Lipinski definition) is 1. The lowest BCUT2D eigenvalue weighted by molar-refractivity contribution is -0.162. The Morgan fingerprint density at radius 2 is 1.22 bits per heavy atom. The van der Waals surface area contributed by atoms with E-state index in [0.29, 0.717) is 30.6 Å². The molecule has 2 aromatic heterocycles. The number of carbonyl (C=O) groups is 6. The zero-order valence-electron chi connectivity index (χ0n) is 24.9. The number of ketones is 2. The maximum absolute atomic E-state index is 12.7. The first-order valence-electron chi connectivity index (χ1n) is 14.1. The van der Waals surface area contributed by atoms with Crippen LogP contribution in [0.1, 0.15) is 66.4 Å². The molecule has 0 saturated carbocycles. The number of carboxylic acids is 1. The van der Waals surface area contributed by atoms with Gasteiger partial charge in [0.25, 0.3) is 0 Å².